The molecule has 0 aliphatic carbocycles. The molecule has 0 bridgehead atoms. The van der Waals surface area contributed by atoms with E-state index in [4.69, 9.17) is 14.2 Å². The number of unbranched alkanes of at least 4 members (excludes halogenated alkanes) is 18. The average Bonchev–Trinajstić information content (AvgIpc) is 3.35. The van der Waals surface area contributed by atoms with Crippen LogP contribution in [0.3, 0.4) is 0 Å². The zero-order valence-electron chi connectivity index (χ0n) is 44.5. The van der Waals surface area contributed by atoms with Gasteiger partial charge in [0.05, 0.1) is 0 Å². The summed E-state index contributed by atoms with van der Waals surface area (Å²) in [7, 11) is 0. The van der Waals surface area contributed by atoms with Gasteiger partial charge in [-0.2, -0.15) is 0 Å². The molecule has 0 saturated heterocycles. The second-order valence-electron chi connectivity index (χ2n) is 18.1. The molecule has 0 fully saturated rings. The van der Waals surface area contributed by atoms with E-state index in [2.05, 4.69) is 142 Å². The van der Waals surface area contributed by atoms with Crippen molar-refractivity contribution in [3.05, 3.63) is 122 Å². The summed E-state index contributed by atoms with van der Waals surface area (Å²) in [5, 5.41) is 0. The van der Waals surface area contributed by atoms with Crippen LogP contribution in [-0.2, 0) is 28.6 Å². The van der Waals surface area contributed by atoms with E-state index in [0.717, 1.165) is 128 Å². The molecule has 6 nitrogen and oxygen atoms in total. The van der Waals surface area contributed by atoms with Crippen molar-refractivity contribution in [2.24, 2.45) is 0 Å². The molecule has 0 rings (SSSR count). The summed E-state index contributed by atoms with van der Waals surface area (Å²) in [5.41, 5.74) is 0. The van der Waals surface area contributed by atoms with Crippen LogP contribution in [0.4, 0.5) is 0 Å². The van der Waals surface area contributed by atoms with E-state index in [9.17, 15) is 14.4 Å². The van der Waals surface area contributed by atoms with Crippen LogP contribution >= 0.6 is 0 Å². The fourth-order valence-electron chi connectivity index (χ4n) is 7.28. The number of ether oxygens (including phenoxy) is 3. The smallest absolute Gasteiger partial charge is 0.306 e. The fourth-order valence-corrected chi connectivity index (χ4v) is 7.28. The van der Waals surface area contributed by atoms with Crippen LogP contribution in [0.1, 0.15) is 239 Å². The highest BCUT2D eigenvalue weighted by Gasteiger charge is 2.19. The first-order chi connectivity index (χ1) is 34.0. The minimum atomic E-state index is -0.810. The standard InChI is InChI=1S/C63H102O6/c1-4-7-10-13-16-19-22-25-27-29-31-33-35-38-41-44-47-50-53-56-62(65)68-59-60(58-67-61(64)55-52-49-46-43-40-37-24-21-18-15-12-9-6-3)69-63(66)57-54-51-48-45-42-39-36-34-32-30-28-26-23-20-17-14-11-8-5-2/h7,9-10,12,16-21,25-28,31,33,37-38,40-41,60H,4-6,8,11,13-15,22-24,29-30,32,34-36,39,42-59H2,1-3H3/b10-7-,12-9-,19-16-,20-17-,21-18-,27-25-,28-26-,33-31-,40-37-,41-38-. The normalized spacial score (nSPS) is 13.0. The predicted molar refractivity (Wildman–Crippen MR) is 297 cm³/mol. The number of carbonyl (C=O) groups is 3. The van der Waals surface area contributed by atoms with Crippen LogP contribution in [0.2, 0.25) is 0 Å². The van der Waals surface area contributed by atoms with E-state index in [1.807, 2.05) is 0 Å². The SMILES string of the molecule is CC/C=C\C/C=C\C/C=C\C/C=C\C/C=C\CCCCCC(=O)OCC(COC(=O)CCCCC/C=C\C/C=C\C/C=C\CC)OC(=O)CCCCCCCCCCC/C=C\C/C=C\CCCCC. The lowest BCUT2D eigenvalue weighted by molar-refractivity contribution is -0.167. The second-order valence-corrected chi connectivity index (χ2v) is 18.1. The maximum absolute atomic E-state index is 12.9. The Kier molecular flexibility index (Phi) is 53.0. The molecule has 0 saturated carbocycles. The van der Waals surface area contributed by atoms with Crippen molar-refractivity contribution in [3.63, 3.8) is 0 Å². The van der Waals surface area contributed by atoms with E-state index in [1.54, 1.807) is 0 Å². The van der Waals surface area contributed by atoms with Gasteiger partial charge in [0.25, 0.3) is 0 Å². The van der Waals surface area contributed by atoms with Gasteiger partial charge in [-0.05, 0) is 128 Å². The van der Waals surface area contributed by atoms with Crippen molar-refractivity contribution >= 4 is 17.9 Å². The first-order valence-corrected chi connectivity index (χ1v) is 28.0. The molecule has 69 heavy (non-hydrogen) atoms. The number of hydrogen-bond donors (Lipinski definition) is 0. The molecule has 0 aromatic rings. The molecule has 6 heteroatoms. The summed E-state index contributed by atoms with van der Waals surface area (Å²) in [5.74, 6) is -0.975. The van der Waals surface area contributed by atoms with E-state index < -0.39 is 6.10 Å². The second kappa shape index (κ2) is 56.4. The number of hydrogen-bond acceptors (Lipinski definition) is 6. The van der Waals surface area contributed by atoms with Gasteiger partial charge in [-0.3, -0.25) is 14.4 Å². The molecule has 0 radical (unpaired) electrons. The average molecular weight is 956 g/mol. The van der Waals surface area contributed by atoms with Gasteiger partial charge in [-0.25, -0.2) is 0 Å². The van der Waals surface area contributed by atoms with Crippen molar-refractivity contribution in [1.29, 1.82) is 0 Å². The van der Waals surface area contributed by atoms with Crippen molar-refractivity contribution in [2.45, 2.75) is 245 Å². The van der Waals surface area contributed by atoms with E-state index >= 15 is 0 Å². The van der Waals surface area contributed by atoms with Gasteiger partial charge in [0.1, 0.15) is 13.2 Å². The van der Waals surface area contributed by atoms with Crippen LogP contribution in [-0.4, -0.2) is 37.2 Å². The first-order valence-electron chi connectivity index (χ1n) is 28.0. The van der Waals surface area contributed by atoms with Gasteiger partial charge in [0, 0.05) is 19.3 Å². The molecule has 390 valence electrons. The van der Waals surface area contributed by atoms with Crippen LogP contribution in [0.25, 0.3) is 0 Å². The van der Waals surface area contributed by atoms with Crippen molar-refractivity contribution in [3.8, 4) is 0 Å². The Morgan fingerprint density at radius 3 is 0.899 bits per heavy atom. The third kappa shape index (κ3) is 54.6. The lowest BCUT2D eigenvalue weighted by atomic mass is 10.1. The summed E-state index contributed by atoms with van der Waals surface area (Å²) < 4.78 is 16.8. The Balaban J connectivity index is 4.48. The van der Waals surface area contributed by atoms with Crippen molar-refractivity contribution < 1.29 is 28.6 Å². The molecule has 1 atom stereocenters. The summed E-state index contributed by atoms with van der Waals surface area (Å²) in [6.45, 7) is 6.32. The minimum Gasteiger partial charge on any atom is -0.462 e. The van der Waals surface area contributed by atoms with Crippen LogP contribution in [0.15, 0.2) is 122 Å². The zero-order chi connectivity index (χ0) is 50.0. The molecule has 0 aliphatic heterocycles. The van der Waals surface area contributed by atoms with Crippen molar-refractivity contribution in [2.75, 3.05) is 13.2 Å². The minimum absolute atomic E-state index is 0.109. The van der Waals surface area contributed by atoms with E-state index in [-0.39, 0.29) is 31.1 Å². The van der Waals surface area contributed by atoms with Gasteiger partial charge in [0.15, 0.2) is 6.10 Å². The topological polar surface area (TPSA) is 78.9 Å². The fraction of sp³-hybridized carbons (Fsp3) is 0.635. The molecular formula is C63H102O6. The highest BCUT2D eigenvalue weighted by molar-refractivity contribution is 5.71. The van der Waals surface area contributed by atoms with Crippen LogP contribution in [0.5, 0.6) is 0 Å². The van der Waals surface area contributed by atoms with Gasteiger partial charge in [-0.15, -0.1) is 0 Å². The summed E-state index contributed by atoms with van der Waals surface area (Å²) in [6, 6.07) is 0. The summed E-state index contributed by atoms with van der Waals surface area (Å²) >= 11 is 0. The lowest BCUT2D eigenvalue weighted by Crippen LogP contribution is -2.30. The Morgan fingerprint density at radius 1 is 0.304 bits per heavy atom. The monoisotopic (exact) mass is 955 g/mol. The quantitative estimate of drug-likeness (QED) is 0.0262. The van der Waals surface area contributed by atoms with Crippen LogP contribution < -0.4 is 0 Å². The van der Waals surface area contributed by atoms with Gasteiger partial charge in [-0.1, -0.05) is 213 Å². The number of esters is 3. The van der Waals surface area contributed by atoms with Gasteiger partial charge >= 0.3 is 17.9 Å². The largest absolute Gasteiger partial charge is 0.462 e. The van der Waals surface area contributed by atoms with E-state index in [0.29, 0.717) is 19.3 Å². The number of carbonyl (C=O) groups excluding carboxylic acids is 3. The molecule has 0 aromatic carbocycles. The van der Waals surface area contributed by atoms with Crippen LogP contribution in [0, 0.1) is 0 Å². The molecule has 0 aromatic heterocycles. The lowest BCUT2D eigenvalue weighted by Gasteiger charge is -2.18. The Labute approximate surface area is 424 Å². The Morgan fingerprint density at radius 2 is 0.565 bits per heavy atom. The molecule has 0 N–H and O–H groups in total. The summed E-state index contributed by atoms with van der Waals surface area (Å²) in [6.07, 6.45) is 77.6. The van der Waals surface area contributed by atoms with Gasteiger partial charge in [0.2, 0.25) is 0 Å². The van der Waals surface area contributed by atoms with Gasteiger partial charge < -0.3 is 14.2 Å². The van der Waals surface area contributed by atoms with E-state index in [1.165, 1.54) is 70.6 Å². The zero-order valence-corrected chi connectivity index (χ0v) is 44.5. The van der Waals surface area contributed by atoms with Crippen molar-refractivity contribution in [1.82, 2.24) is 0 Å². The maximum atomic E-state index is 12.9. The molecule has 0 spiro atoms. The highest BCUT2D eigenvalue weighted by Crippen LogP contribution is 2.14. The summed E-state index contributed by atoms with van der Waals surface area (Å²) in [4.78, 5) is 38.1. The molecule has 0 amide bonds. The number of allylic oxidation sites excluding steroid dienone is 20. The maximum Gasteiger partial charge on any atom is 0.306 e. The predicted octanol–water partition coefficient (Wildman–Crippen LogP) is 18.9. The molecule has 1 unspecified atom stereocenters. The Bertz CT molecular complexity index is 1470. The molecule has 0 heterocycles. The number of rotatable bonds is 49. The first kappa shape index (κ1) is 64.8. The molecule has 0 aliphatic rings. The Hall–Kier alpha value is -4.19. The third-order valence-electron chi connectivity index (χ3n) is 11.4. The highest BCUT2D eigenvalue weighted by atomic mass is 16.6. The molecular weight excluding hydrogens is 853 g/mol. The third-order valence-corrected chi connectivity index (χ3v) is 11.4.